The second kappa shape index (κ2) is 5.72. The fourth-order valence-corrected chi connectivity index (χ4v) is 3.14. The second-order valence-electron chi connectivity index (χ2n) is 5.26. The van der Waals surface area contributed by atoms with Crippen LogP contribution in [0, 0.1) is 5.41 Å². The predicted octanol–water partition coefficient (Wildman–Crippen LogP) is 2.00. The molecule has 0 aliphatic heterocycles. The second-order valence-corrected chi connectivity index (χ2v) is 6.05. The summed E-state index contributed by atoms with van der Waals surface area (Å²) < 4.78 is 3.08. The summed E-state index contributed by atoms with van der Waals surface area (Å²) in [5.74, 6) is 0. The zero-order chi connectivity index (χ0) is 13.2. The number of aromatic nitrogens is 2. The Labute approximate surface area is 117 Å². The zero-order valence-electron chi connectivity index (χ0n) is 11.2. The maximum Gasteiger partial charge on any atom is 0.0767 e. The largest absolute Gasteiger partial charge is 0.396 e. The highest BCUT2D eigenvalue weighted by molar-refractivity contribution is 9.10. The first-order chi connectivity index (χ1) is 8.62. The molecule has 2 rings (SSSR count). The van der Waals surface area contributed by atoms with Gasteiger partial charge in [-0.1, -0.05) is 6.92 Å². The van der Waals surface area contributed by atoms with E-state index >= 15 is 0 Å². The SMILES string of the molecule is CCc1nn(C)c(CNCC2(CCO)CC2)c1Br. The van der Waals surface area contributed by atoms with Crippen LogP contribution in [0.25, 0.3) is 0 Å². The molecule has 1 heterocycles. The monoisotopic (exact) mass is 315 g/mol. The van der Waals surface area contributed by atoms with Crippen LogP contribution in [0.3, 0.4) is 0 Å². The molecule has 0 bridgehead atoms. The molecule has 4 nitrogen and oxygen atoms in total. The fourth-order valence-electron chi connectivity index (χ4n) is 2.39. The van der Waals surface area contributed by atoms with E-state index in [4.69, 9.17) is 5.11 Å². The number of rotatable bonds is 7. The molecule has 1 fully saturated rings. The molecule has 0 spiro atoms. The van der Waals surface area contributed by atoms with Gasteiger partial charge in [0, 0.05) is 26.7 Å². The molecule has 0 amide bonds. The van der Waals surface area contributed by atoms with Gasteiger partial charge in [0.15, 0.2) is 0 Å². The highest BCUT2D eigenvalue weighted by Gasteiger charge is 2.41. The number of halogens is 1. The van der Waals surface area contributed by atoms with E-state index in [0.29, 0.717) is 12.0 Å². The number of hydrogen-bond acceptors (Lipinski definition) is 3. The number of aliphatic hydroxyl groups is 1. The van der Waals surface area contributed by atoms with Crippen molar-refractivity contribution in [3.05, 3.63) is 15.9 Å². The van der Waals surface area contributed by atoms with Gasteiger partial charge in [-0.05, 0) is 47.0 Å². The summed E-state index contributed by atoms with van der Waals surface area (Å²) in [7, 11) is 1.99. The van der Waals surface area contributed by atoms with Gasteiger partial charge in [-0.3, -0.25) is 4.68 Å². The minimum atomic E-state index is 0.303. The van der Waals surface area contributed by atoms with E-state index in [1.807, 2.05) is 11.7 Å². The van der Waals surface area contributed by atoms with Crippen LogP contribution in [0.4, 0.5) is 0 Å². The summed E-state index contributed by atoms with van der Waals surface area (Å²) in [5, 5.41) is 17.0. The quantitative estimate of drug-likeness (QED) is 0.809. The summed E-state index contributed by atoms with van der Waals surface area (Å²) in [6.45, 7) is 4.24. The van der Waals surface area contributed by atoms with E-state index in [2.05, 4.69) is 33.3 Å². The Hall–Kier alpha value is -0.390. The molecule has 0 radical (unpaired) electrons. The van der Waals surface area contributed by atoms with Gasteiger partial charge in [-0.2, -0.15) is 5.10 Å². The third-order valence-electron chi connectivity index (χ3n) is 3.89. The van der Waals surface area contributed by atoms with Crippen molar-refractivity contribution in [3.63, 3.8) is 0 Å². The van der Waals surface area contributed by atoms with E-state index in [-0.39, 0.29) is 0 Å². The molecule has 2 N–H and O–H groups in total. The number of aryl methyl sites for hydroxylation is 2. The smallest absolute Gasteiger partial charge is 0.0767 e. The van der Waals surface area contributed by atoms with Gasteiger partial charge in [-0.15, -0.1) is 0 Å². The molecular weight excluding hydrogens is 294 g/mol. The van der Waals surface area contributed by atoms with Crippen LogP contribution in [0.5, 0.6) is 0 Å². The van der Waals surface area contributed by atoms with Crippen molar-refractivity contribution >= 4 is 15.9 Å². The Morgan fingerprint density at radius 1 is 1.50 bits per heavy atom. The first-order valence-electron chi connectivity index (χ1n) is 6.64. The maximum absolute atomic E-state index is 9.03. The molecule has 0 aromatic carbocycles. The normalized spacial score (nSPS) is 17.1. The third-order valence-corrected chi connectivity index (χ3v) is 4.81. The van der Waals surface area contributed by atoms with Crippen molar-refractivity contribution < 1.29 is 5.11 Å². The van der Waals surface area contributed by atoms with Gasteiger partial charge in [-0.25, -0.2) is 0 Å². The molecule has 1 aromatic heterocycles. The van der Waals surface area contributed by atoms with E-state index < -0.39 is 0 Å². The van der Waals surface area contributed by atoms with Crippen LogP contribution < -0.4 is 5.32 Å². The minimum Gasteiger partial charge on any atom is -0.396 e. The number of nitrogens with one attached hydrogen (secondary N) is 1. The van der Waals surface area contributed by atoms with Crippen molar-refractivity contribution in [2.24, 2.45) is 12.5 Å². The molecule has 0 unspecified atom stereocenters. The van der Waals surface area contributed by atoms with Gasteiger partial charge in [0.2, 0.25) is 0 Å². The molecule has 1 aliphatic rings. The summed E-state index contributed by atoms with van der Waals surface area (Å²) in [6, 6.07) is 0. The first kappa shape index (κ1) is 14.0. The van der Waals surface area contributed by atoms with Crippen molar-refractivity contribution in [2.45, 2.75) is 39.2 Å². The maximum atomic E-state index is 9.03. The highest BCUT2D eigenvalue weighted by atomic mass is 79.9. The third kappa shape index (κ3) is 2.95. The Morgan fingerprint density at radius 2 is 2.22 bits per heavy atom. The number of hydrogen-bond donors (Lipinski definition) is 2. The van der Waals surface area contributed by atoms with E-state index in [1.54, 1.807) is 0 Å². The van der Waals surface area contributed by atoms with Gasteiger partial charge in [0.1, 0.15) is 0 Å². The van der Waals surface area contributed by atoms with Crippen molar-refractivity contribution in [2.75, 3.05) is 13.2 Å². The Bertz CT molecular complexity index is 413. The summed E-state index contributed by atoms with van der Waals surface area (Å²) in [4.78, 5) is 0. The van der Waals surface area contributed by atoms with Crippen LogP contribution in [0.1, 0.15) is 37.6 Å². The van der Waals surface area contributed by atoms with Crippen molar-refractivity contribution in [1.29, 1.82) is 0 Å². The summed E-state index contributed by atoms with van der Waals surface area (Å²) >= 11 is 3.63. The summed E-state index contributed by atoms with van der Waals surface area (Å²) in [5.41, 5.74) is 2.69. The van der Waals surface area contributed by atoms with Crippen LogP contribution in [0.2, 0.25) is 0 Å². The Morgan fingerprint density at radius 3 is 2.72 bits per heavy atom. The fraction of sp³-hybridized carbons (Fsp3) is 0.769. The molecule has 102 valence electrons. The summed E-state index contributed by atoms with van der Waals surface area (Å²) in [6.07, 6.45) is 4.36. The topological polar surface area (TPSA) is 50.1 Å². The molecule has 5 heteroatoms. The lowest BCUT2D eigenvalue weighted by Gasteiger charge is -2.14. The lowest BCUT2D eigenvalue weighted by atomic mass is 10.0. The molecule has 18 heavy (non-hydrogen) atoms. The van der Waals surface area contributed by atoms with Crippen LogP contribution in [0.15, 0.2) is 4.47 Å². The van der Waals surface area contributed by atoms with Gasteiger partial charge in [0.05, 0.1) is 15.9 Å². The van der Waals surface area contributed by atoms with Gasteiger partial charge >= 0.3 is 0 Å². The molecule has 0 atom stereocenters. The molecular formula is C13H22BrN3O. The zero-order valence-corrected chi connectivity index (χ0v) is 12.8. The van der Waals surface area contributed by atoms with Gasteiger partial charge < -0.3 is 10.4 Å². The number of nitrogens with zero attached hydrogens (tertiary/aromatic N) is 2. The van der Waals surface area contributed by atoms with Gasteiger partial charge in [0.25, 0.3) is 0 Å². The Balaban J connectivity index is 1.89. The first-order valence-corrected chi connectivity index (χ1v) is 7.43. The van der Waals surface area contributed by atoms with Crippen LogP contribution >= 0.6 is 15.9 Å². The standard InChI is InChI=1S/C13H22BrN3O/c1-3-10-12(14)11(17(2)16-10)8-15-9-13(4-5-13)6-7-18/h15,18H,3-9H2,1-2H3. The lowest BCUT2D eigenvalue weighted by Crippen LogP contribution is -2.25. The van der Waals surface area contributed by atoms with Crippen LogP contribution in [-0.2, 0) is 20.0 Å². The minimum absolute atomic E-state index is 0.303. The van der Waals surface area contributed by atoms with E-state index in [9.17, 15) is 0 Å². The van der Waals surface area contributed by atoms with Crippen molar-refractivity contribution in [1.82, 2.24) is 15.1 Å². The van der Waals surface area contributed by atoms with Crippen molar-refractivity contribution in [3.8, 4) is 0 Å². The Kier molecular flexibility index (Phi) is 4.45. The predicted molar refractivity (Wildman–Crippen MR) is 75.4 cm³/mol. The van der Waals surface area contributed by atoms with E-state index in [1.165, 1.54) is 18.5 Å². The lowest BCUT2D eigenvalue weighted by molar-refractivity contribution is 0.245. The molecule has 0 saturated heterocycles. The highest BCUT2D eigenvalue weighted by Crippen LogP contribution is 2.47. The number of aliphatic hydroxyl groups excluding tert-OH is 1. The molecule has 1 saturated carbocycles. The van der Waals surface area contributed by atoms with Crippen LogP contribution in [-0.4, -0.2) is 28.0 Å². The molecule has 1 aliphatic carbocycles. The van der Waals surface area contributed by atoms with E-state index in [0.717, 1.165) is 36.1 Å². The average molecular weight is 316 g/mol. The average Bonchev–Trinajstić information content (AvgIpc) is 3.05. The molecule has 1 aromatic rings.